The van der Waals surface area contributed by atoms with Crippen LogP contribution in [0, 0.1) is 5.41 Å². The molecule has 1 aliphatic heterocycles. The minimum atomic E-state index is -1.04. The van der Waals surface area contributed by atoms with Crippen molar-refractivity contribution < 1.29 is 14.6 Å². The zero-order valence-corrected chi connectivity index (χ0v) is 16.9. The van der Waals surface area contributed by atoms with Crippen LogP contribution in [0.25, 0.3) is 16.9 Å². The van der Waals surface area contributed by atoms with Gasteiger partial charge in [0.05, 0.1) is 16.8 Å². The van der Waals surface area contributed by atoms with Gasteiger partial charge in [0.15, 0.2) is 0 Å². The number of hydrogen-bond donors (Lipinski definition) is 1. The lowest BCUT2D eigenvalue weighted by Crippen LogP contribution is -2.33. The summed E-state index contributed by atoms with van der Waals surface area (Å²) in [6, 6.07) is 19.0. The molecule has 5 rings (SSSR count). The fourth-order valence-electron chi connectivity index (χ4n) is 3.96. The zero-order chi connectivity index (χ0) is 21.6. The van der Waals surface area contributed by atoms with Gasteiger partial charge in [0, 0.05) is 22.6 Å². The van der Waals surface area contributed by atoms with E-state index in [1.165, 1.54) is 6.33 Å². The van der Waals surface area contributed by atoms with E-state index in [0.717, 1.165) is 28.1 Å². The predicted octanol–water partition coefficient (Wildman–Crippen LogP) is 4.07. The Morgan fingerprint density at radius 3 is 2.52 bits per heavy atom. The molecule has 2 aromatic heterocycles. The van der Waals surface area contributed by atoms with Crippen LogP contribution in [0.3, 0.4) is 0 Å². The smallest absolute Gasteiger partial charge is 0.310 e. The van der Waals surface area contributed by atoms with E-state index in [4.69, 9.17) is 9.72 Å². The van der Waals surface area contributed by atoms with Gasteiger partial charge in [-0.3, -0.25) is 4.79 Å². The molecule has 1 aliphatic rings. The lowest BCUT2D eigenvalue weighted by molar-refractivity contribution is -0.147. The molecule has 0 saturated carbocycles. The fourth-order valence-corrected chi connectivity index (χ4v) is 3.96. The Balaban J connectivity index is 1.57. The lowest BCUT2D eigenvalue weighted by Gasteiger charge is -2.36. The van der Waals surface area contributed by atoms with E-state index in [9.17, 15) is 9.90 Å². The minimum Gasteiger partial charge on any atom is -0.481 e. The summed E-state index contributed by atoms with van der Waals surface area (Å²) in [5, 5.41) is 21.1. The number of aliphatic carboxylic acids is 1. The van der Waals surface area contributed by atoms with Crippen molar-refractivity contribution in [3.63, 3.8) is 0 Å². The molecule has 2 aromatic carbocycles. The average molecular weight is 413 g/mol. The number of ether oxygens (including phenoxy) is 1. The summed E-state index contributed by atoms with van der Waals surface area (Å²) in [5.41, 5.74) is 3.04. The highest BCUT2D eigenvalue weighted by Crippen LogP contribution is 2.51. The van der Waals surface area contributed by atoms with Crippen LogP contribution in [-0.2, 0) is 4.79 Å². The van der Waals surface area contributed by atoms with Gasteiger partial charge in [-0.1, -0.05) is 36.4 Å². The molecule has 0 spiro atoms. The number of nitrogens with zero attached hydrogens (tertiary/aromatic N) is 5. The molecule has 1 unspecified atom stereocenters. The Morgan fingerprint density at radius 2 is 1.81 bits per heavy atom. The van der Waals surface area contributed by atoms with Gasteiger partial charge in [0.25, 0.3) is 0 Å². The average Bonchev–Trinajstić information content (AvgIpc) is 3.32. The standard InChI is InChI=1S/C23H19N5O3/c1-23(2,22(29)30)20-16-5-3-4-6-19(16)31-21-17(20)11-12-18(25-21)14-7-9-15(10-8-14)28-13-24-26-27-28/h3-13,20H,1-2H3,(H,29,30). The molecular formula is C23H19N5O3. The number of rotatable bonds is 4. The summed E-state index contributed by atoms with van der Waals surface area (Å²) < 4.78 is 7.66. The molecule has 1 atom stereocenters. The molecule has 8 heteroatoms. The van der Waals surface area contributed by atoms with Crippen molar-refractivity contribution in [2.45, 2.75) is 19.8 Å². The quantitative estimate of drug-likeness (QED) is 0.538. The number of para-hydroxylation sites is 1. The highest BCUT2D eigenvalue weighted by molar-refractivity contribution is 5.77. The Hall–Kier alpha value is -4.07. The van der Waals surface area contributed by atoms with E-state index in [1.807, 2.05) is 60.7 Å². The Labute approximate surface area is 178 Å². The summed E-state index contributed by atoms with van der Waals surface area (Å²) in [6.45, 7) is 3.47. The SMILES string of the molecule is CC(C)(C(=O)O)C1c2ccccc2Oc2nc(-c3ccc(-n4cnnn4)cc3)ccc21. The number of fused-ring (bicyclic) bond motifs is 2. The van der Waals surface area contributed by atoms with E-state index in [1.54, 1.807) is 18.5 Å². The number of hydrogen-bond acceptors (Lipinski definition) is 6. The van der Waals surface area contributed by atoms with E-state index in [0.29, 0.717) is 11.6 Å². The summed E-state index contributed by atoms with van der Waals surface area (Å²) >= 11 is 0. The predicted molar refractivity (Wildman–Crippen MR) is 112 cm³/mol. The van der Waals surface area contributed by atoms with Crippen LogP contribution in [0.2, 0.25) is 0 Å². The molecule has 0 saturated heterocycles. The largest absolute Gasteiger partial charge is 0.481 e. The van der Waals surface area contributed by atoms with Gasteiger partial charge in [-0.05, 0) is 48.5 Å². The van der Waals surface area contributed by atoms with Crippen molar-refractivity contribution >= 4 is 5.97 Å². The number of carbonyl (C=O) groups is 1. The number of carboxylic acids is 1. The molecular weight excluding hydrogens is 394 g/mol. The van der Waals surface area contributed by atoms with Gasteiger partial charge < -0.3 is 9.84 Å². The van der Waals surface area contributed by atoms with Gasteiger partial charge in [0.1, 0.15) is 12.1 Å². The molecule has 31 heavy (non-hydrogen) atoms. The van der Waals surface area contributed by atoms with Gasteiger partial charge in [0.2, 0.25) is 5.88 Å². The first-order valence-electron chi connectivity index (χ1n) is 9.80. The van der Waals surface area contributed by atoms with E-state index in [-0.39, 0.29) is 5.92 Å². The van der Waals surface area contributed by atoms with Crippen LogP contribution in [-0.4, -0.2) is 36.3 Å². The first-order chi connectivity index (χ1) is 14.9. The molecule has 0 bridgehead atoms. The maximum Gasteiger partial charge on any atom is 0.310 e. The number of tetrazole rings is 1. The molecule has 0 radical (unpaired) electrons. The van der Waals surface area contributed by atoms with E-state index in [2.05, 4.69) is 15.5 Å². The van der Waals surface area contributed by atoms with Gasteiger partial charge in [-0.2, -0.15) is 0 Å². The van der Waals surface area contributed by atoms with Crippen LogP contribution in [0.5, 0.6) is 11.6 Å². The third-order valence-electron chi connectivity index (χ3n) is 5.69. The topological polar surface area (TPSA) is 103 Å². The second-order valence-electron chi connectivity index (χ2n) is 7.99. The molecule has 4 aromatic rings. The highest BCUT2D eigenvalue weighted by Gasteiger charge is 2.44. The van der Waals surface area contributed by atoms with Gasteiger partial charge >= 0.3 is 5.97 Å². The molecule has 154 valence electrons. The van der Waals surface area contributed by atoms with Crippen molar-refractivity contribution in [1.82, 2.24) is 25.2 Å². The zero-order valence-electron chi connectivity index (χ0n) is 16.9. The van der Waals surface area contributed by atoms with Crippen molar-refractivity contribution in [3.8, 4) is 28.6 Å². The maximum atomic E-state index is 12.1. The van der Waals surface area contributed by atoms with E-state index >= 15 is 0 Å². The van der Waals surface area contributed by atoms with Crippen molar-refractivity contribution in [2.75, 3.05) is 0 Å². The summed E-state index contributed by atoms with van der Waals surface area (Å²) in [5.74, 6) is -0.191. The number of aromatic nitrogens is 5. The fraction of sp³-hybridized carbons (Fsp3) is 0.174. The molecule has 0 fully saturated rings. The first kappa shape index (κ1) is 18.9. The summed E-state index contributed by atoms with van der Waals surface area (Å²) in [6.07, 6.45) is 1.53. The third kappa shape index (κ3) is 3.13. The number of benzene rings is 2. The summed E-state index contributed by atoms with van der Waals surface area (Å²) in [4.78, 5) is 16.8. The van der Waals surface area contributed by atoms with Crippen molar-refractivity contribution in [3.05, 3.63) is 78.1 Å². The molecule has 0 amide bonds. The highest BCUT2D eigenvalue weighted by atomic mass is 16.5. The van der Waals surface area contributed by atoms with E-state index < -0.39 is 11.4 Å². The van der Waals surface area contributed by atoms with Crippen molar-refractivity contribution in [2.24, 2.45) is 5.41 Å². The van der Waals surface area contributed by atoms with Gasteiger partial charge in [-0.15, -0.1) is 5.10 Å². The van der Waals surface area contributed by atoms with Crippen LogP contribution in [0.15, 0.2) is 67.0 Å². The minimum absolute atomic E-state index is 0.381. The van der Waals surface area contributed by atoms with Gasteiger partial charge in [-0.25, -0.2) is 9.67 Å². The Bertz CT molecular complexity index is 1270. The number of pyridine rings is 1. The van der Waals surface area contributed by atoms with Crippen LogP contribution >= 0.6 is 0 Å². The number of carboxylic acid groups (broad SMARTS) is 1. The second-order valence-corrected chi connectivity index (χ2v) is 7.99. The Morgan fingerprint density at radius 1 is 1.03 bits per heavy atom. The first-order valence-corrected chi connectivity index (χ1v) is 9.80. The summed E-state index contributed by atoms with van der Waals surface area (Å²) in [7, 11) is 0. The molecule has 3 heterocycles. The van der Waals surface area contributed by atoms with Crippen LogP contribution < -0.4 is 4.74 Å². The monoisotopic (exact) mass is 413 g/mol. The maximum absolute atomic E-state index is 12.1. The van der Waals surface area contributed by atoms with Crippen LogP contribution in [0.1, 0.15) is 30.9 Å². The molecule has 0 aliphatic carbocycles. The van der Waals surface area contributed by atoms with Crippen molar-refractivity contribution in [1.29, 1.82) is 0 Å². The normalized spacial score (nSPS) is 15.0. The van der Waals surface area contributed by atoms with Crippen LogP contribution in [0.4, 0.5) is 0 Å². The lowest BCUT2D eigenvalue weighted by atomic mass is 9.70. The molecule has 8 nitrogen and oxygen atoms in total. The molecule has 1 N–H and O–H groups in total. The second kappa shape index (κ2) is 7.02. The Kier molecular flexibility index (Phi) is 4.28. The third-order valence-corrected chi connectivity index (χ3v) is 5.69.